The second-order valence-corrected chi connectivity index (χ2v) is 6.66. The van der Waals surface area contributed by atoms with Gasteiger partial charge in [0, 0.05) is 12.1 Å². The van der Waals surface area contributed by atoms with Crippen LogP contribution in [0.2, 0.25) is 0 Å². The molecule has 1 saturated carbocycles. The van der Waals surface area contributed by atoms with E-state index in [1.165, 1.54) is 19.3 Å². The Kier molecular flexibility index (Phi) is 3.94. The highest BCUT2D eigenvalue weighted by molar-refractivity contribution is 5.88. The van der Waals surface area contributed by atoms with Crippen LogP contribution in [0.1, 0.15) is 52.9 Å². The molecule has 0 radical (unpaired) electrons. The van der Waals surface area contributed by atoms with Crippen LogP contribution in [0.15, 0.2) is 0 Å². The lowest BCUT2D eigenvalue weighted by Crippen LogP contribution is -2.59. The molecule has 0 aromatic heterocycles. The van der Waals surface area contributed by atoms with Gasteiger partial charge in [-0.05, 0) is 53.1 Å². The van der Waals surface area contributed by atoms with Crippen molar-refractivity contribution in [1.29, 1.82) is 0 Å². The maximum absolute atomic E-state index is 12.7. The normalized spacial score (nSPS) is 33.9. The standard InChI is InChI=1S/C15H29N3O/c1-6-12-16-14(3,7-2)13(19)18(12)11-15(17(4)5)9-8-10-15/h12,16H,6-11H2,1-5H3. The smallest absolute Gasteiger partial charge is 0.243 e. The summed E-state index contributed by atoms with van der Waals surface area (Å²) in [5.74, 6) is 0.287. The number of rotatable bonds is 5. The number of hydrogen-bond donors (Lipinski definition) is 1. The molecule has 0 spiro atoms. The van der Waals surface area contributed by atoms with Gasteiger partial charge in [-0.15, -0.1) is 0 Å². The van der Waals surface area contributed by atoms with Gasteiger partial charge in [0.2, 0.25) is 5.91 Å². The molecular weight excluding hydrogens is 238 g/mol. The summed E-state index contributed by atoms with van der Waals surface area (Å²) in [5.41, 5.74) is -0.151. The molecule has 1 saturated heterocycles. The quantitative estimate of drug-likeness (QED) is 0.825. The van der Waals surface area contributed by atoms with E-state index < -0.39 is 0 Å². The molecule has 1 heterocycles. The van der Waals surface area contributed by atoms with Gasteiger partial charge in [-0.25, -0.2) is 0 Å². The predicted octanol–water partition coefficient (Wildman–Crippen LogP) is 1.81. The highest BCUT2D eigenvalue weighted by Crippen LogP contribution is 2.39. The van der Waals surface area contributed by atoms with Crippen LogP contribution >= 0.6 is 0 Å². The van der Waals surface area contributed by atoms with Crippen LogP contribution in [0.5, 0.6) is 0 Å². The Morgan fingerprint density at radius 3 is 2.37 bits per heavy atom. The Bertz CT molecular complexity index is 351. The fourth-order valence-corrected chi connectivity index (χ4v) is 3.37. The van der Waals surface area contributed by atoms with Crippen LogP contribution in [0.4, 0.5) is 0 Å². The second kappa shape index (κ2) is 5.06. The number of amides is 1. The van der Waals surface area contributed by atoms with Crippen LogP contribution in [0.25, 0.3) is 0 Å². The van der Waals surface area contributed by atoms with Gasteiger partial charge in [0.15, 0.2) is 0 Å². The van der Waals surface area contributed by atoms with E-state index in [2.05, 4.69) is 43.1 Å². The third-order valence-electron chi connectivity index (χ3n) is 5.39. The van der Waals surface area contributed by atoms with Crippen molar-refractivity contribution >= 4 is 5.91 Å². The average molecular weight is 267 g/mol. The topological polar surface area (TPSA) is 35.6 Å². The summed E-state index contributed by atoms with van der Waals surface area (Å²) in [5, 5.41) is 3.53. The summed E-state index contributed by atoms with van der Waals surface area (Å²) in [6.07, 6.45) is 5.75. The minimum Gasteiger partial charge on any atom is -0.324 e. The van der Waals surface area contributed by atoms with E-state index in [9.17, 15) is 4.79 Å². The van der Waals surface area contributed by atoms with E-state index in [1.54, 1.807) is 0 Å². The molecule has 2 aliphatic rings. The van der Waals surface area contributed by atoms with Gasteiger partial charge in [0.05, 0.1) is 11.7 Å². The summed E-state index contributed by atoms with van der Waals surface area (Å²) in [7, 11) is 4.29. The van der Waals surface area contributed by atoms with Crippen LogP contribution < -0.4 is 5.32 Å². The van der Waals surface area contributed by atoms with E-state index in [-0.39, 0.29) is 23.2 Å². The zero-order valence-corrected chi connectivity index (χ0v) is 13.1. The van der Waals surface area contributed by atoms with E-state index in [4.69, 9.17) is 0 Å². The molecule has 19 heavy (non-hydrogen) atoms. The first-order chi connectivity index (χ1) is 8.88. The first kappa shape index (κ1) is 14.8. The lowest BCUT2D eigenvalue weighted by atomic mass is 9.75. The van der Waals surface area contributed by atoms with Crippen molar-refractivity contribution < 1.29 is 4.79 Å². The van der Waals surface area contributed by atoms with E-state index in [0.29, 0.717) is 0 Å². The fraction of sp³-hybridized carbons (Fsp3) is 0.933. The molecule has 2 unspecified atom stereocenters. The molecule has 1 N–H and O–H groups in total. The Hall–Kier alpha value is -0.610. The Labute approximate surface area is 117 Å². The number of carbonyl (C=O) groups is 1. The molecule has 4 heteroatoms. The van der Waals surface area contributed by atoms with Gasteiger partial charge in [0.1, 0.15) is 0 Å². The van der Waals surface area contributed by atoms with Crippen LogP contribution in [-0.2, 0) is 4.79 Å². The molecule has 2 atom stereocenters. The number of nitrogens with one attached hydrogen (secondary N) is 1. The Balaban J connectivity index is 2.16. The zero-order valence-electron chi connectivity index (χ0n) is 13.1. The molecule has 0 bridgehead atoms. The van der Waals surface area contributed by atoms with Crippen LogP contribution in [0.3, 0.4) is 0 Å². The van der Waals surface area contributed by atoms with Gasteiger partial charge < -0.3 is 9.80 Å². The highest BCUT2D eigenvalue weighted by Gasteiger charge is 2.50. The minimum atomic E-state index is -0.363. The SMILES string of the molecule is CCC1NC(C)(CC)C(=O)N1CC1(N(C)C)CCC1. The van der Waals surface area contributed by atoms with Crippen molar-refractivity contribution in [3.05, 3.63) is 0 Å². The van der Waals surface area contributed by atoms with Crippen molar-refractivity contribution in [3.63, 3.8) is 0 Å². The first-order valence-corrected chi connectivity index (χ1v) is 7.65. The second-order valence-electron chi connectivity index (χ2n) is 6.66. The third kappa shape index (κ3) is 2.29. The lowest BCUT2D eigenvalue weighted by molar-refractivity contribution is -0.135. The summed E-state index contributed by atoms with van der Waals surface area (Å²) in [6.45, 7) is 7.16. The number of hydrogen-bond acceptors (Lipinski definition) is 3. The number of nitrogens with zero attached hydrogens (tertiary/aromatic N) is 2. The lowest BCUT2D eigenvalue weighted by Gasteiger charge is -2.50. The summed E-state index contributed by atoms with van der Waals surface area (Å²) in [4.78, 5) is 17.1. The predicted molar refractivity (Wildman–Crippen MR) is 77.9 cm³/mol. The largest absolute Gasteiger partial charge is 0.324 e. The highest BCUT2D eigenvalue weighted by atomic mass is 16.2. The van der Waals surface area contributed by atoms with E-state index >= 15 is 0 Å². The van der Waals surface area contributed by atoms with Crippen LogP contribution in [-0.4, -0.2) is 53.6 Å². The summed E-state index contributed by atoms with van der Waals surface area (Å²) >= 11 is 0. The Morgan fingerprint density at radius 1 is 1.37 bits per heavy atom. The molecule has 4 nitrogen and oxygen atoms in total. The summed E-state index contributed by atoms with van der Waals surface area (Å²) in [6, 6.07) is 0. The van der Waals surface area contributed by atoms with Gasteiger partial charge in [0.25, 0.3) is 0 Å². The average Bonchev–Trinajstić information content (AvgIpc) is 2.57. The van der Waals surface area contributed by atoms with Gasteiger partial charge in [-0.2, -0.15) is 0 Å². The molecule has 0 aromatic carbocycles. The molecule has 2 rings (SSSR count). The summed E-state index contributed by atoms with van der Waals surface area (Å²) < 4.78 is 0. The van der Waals surface area contributed by atoms with Crippen molar-refractivity contribution in [2.45, 2.75) is 70.1 Å². The van der Waals surface area contributed by atoms with E-state index in [1.807, 2.05) is 6.92 Å². The fourth-order valence-electron chi connectivity index (χ4n) is 3.37. The Morgan fingerprint density at radius 2 is 2.00 bits per heavy atom. The molecule has 1 amide bonds. The number of likely N-dealkylation sites (N-methyl/N-ethyl adjacent to an activating group) is 1. The van der Waals surface area contributed by atoms with Crippen molar-refractivity contribution in [2.24, 2.45) is 0 Å². The van der Waals surface area contributed by atoms with Crippen LogP contribution in [0, 0.1) is 0 Å². The maximum Gasteiger partial charge on any atom is 0.243 e. The molecular formula is C15H29N3O. The first-order valence-electron chi connectivity index (χ1n) is 7.65. The molecule has 0 aromatic rings. The van der Waals surface area contributed by atoms with Gasteiger partial charge >= 0.3 is 0 Å². The maximum atomic E-state index is 12.7. The van der Waals surface area contributed by atoms with Gasteiger partial charge in [-0.1, -0.05) is 13.8 Å². The van der Waals surface area contributed by atoms with Crippen molar-refractivity contribution in [1.82, 2.24) is 15.1 Å². The molecule has 1 aliphatic carbocycles. The monoisotopic (exact) mass is 267 g/mol. The third-order valence-corrected chi connectivity index (χ3v) is 5.39. The number of carbonyl (C=O) groups excluding carboxylic acids is 1. The molecule has 2 fully saturated rings. The minimum absolute atomic E-state index is 0.204. The van der Waals surface area contributed by atoms with Crippen molar-refractivity contribution in [3.8, 4) is 0 Å². The van der Waals surface area contributed by atoms with E-state index in [0.717, 1.165) is 19.4 Å². The molecule has 1 aliphatic heterocycles. The van der Waals surface area contributed by atoms with Gasteiger partial charge in [-0.3, -0.25) is 10.1 Å². The zero-order chi connectivity index (χ0) is 14.3. The van der Waals surface area contributed by atoms with Crippen molar-refractivity contribution in [2.75, 3.05) is 20.6 Å². The molecule has 110 valence electrons.